The molecule has 1 aliphatic heterocycles. The summed E-state index contributed by atoms with van der Waals surface area (Å²) in [6, 6.07) is 4.70. The third-order valence-electron chi connectivity index (χ3n) is 3.01. The Balaban J connectivity index is 2.47. The SMILES string of the molecule is O=C1Nc2c([N+](=O)[O-])ccc3ccc([N+](=O)[O-])c(c23)N1. The predicted molar refractivity (Wildman–Crippen MR) is 69.9 cm³/mol. The fraction of sp³-hybridized carbons (Fsp3) is 0. The molecule has 0 saturated heterocycles. The zero-order chi connectivity index (χ0) is 14.4. The van der Waals surface area contributed by atoms with Gasteiger partial charge in [-0.15, -0.1) is 0 Å². The lowest BCUT2D eigenvalue weighted by molar-refractivity contribution is -0.384. The predicted octanol–water partition coefficient (Wildman–Crippen LogP) is 2.61. The molecule has 100 valence electrons. The third kappa shape index (κ3) is 1.53. The second-order valence-electron chi connectivity index (χ2n) is 4.11. The van der Waals surface area contributed by atoms with Gasteiger partial charge >= 0.3 is 6.03 Å². The van der Waals surface area contributed by atoms with Gasteiger partial charge in [0.15, 0.2) is 0 Å². The number of nitro benzene ring substituents is 2. The van der Waals surface area contributed by atoms with Gasteiger partial charge in [-0.2, -0.15) is 0 Å². The van der Waals surface area contributed by atoms with Crippen LogP contribution in [0, 0.1) is 20.2 Å². The Morgan fingerprint density at radius 1 is 0.850 bits per heavy atom. The number of anilines is 2. The lowest BCUT2D eigenvalue weighted by atomic mass is 10.0. The van der Waals surface area contributed by atoms with Crippen LogP contribution in [0.2, 0.25) is 0 Å². The van der Waals surface area contributed by atoms with Gasteiger partial charge in [-0.3, -0.25) is 20.2 Å². The molecule has 0 atom stereocenters. The largest absolute Gasteiger partial charge is 0.324 e. The molecular formula is C11H6N4O5. The minimum Gasteiger partial charge on any atom is -0.301 e. The van der Waals surface area contributed by atoms with Crippen molar-refractivity contribution in [3.8, 4) is 0 Å². The lowest BCUT2D eigenvalue weighted by Gasteiger charge is -2.18. The first kappa shape index (κ1) is 11.8. The number of rotatable bonds is 2. The highest BCUT2D eigenvalue weighted by Crippen LogP contribution is 2.43. The molecule has 1 heterocycles. The highest BCUT2D eigenvalue weighted by Gasteiger charge is 2.30. The maximum absolute atomic E-state index is 11.5. The van der Waals surface area contributed by atoms with Crippen molar-refractivity contribution in [2.45, 2.75) is 0 Å². The van der Waals surface area contributed by atoms with Crippen LogP contribution in [0.4, 0.5) is 27.5 Å². The Kier molecular flexibility index (Phi) is 2.30. The van der Waals surface area contributed by atoms with E-state index >= 15 is 0 Å². The number of amides is 2. The Bertz CT molecular complexity index is 740. The van der Waals surface area contributed by atoms with E-state index in [4.69, 9.17) is 0 Å². The van der Waals surface area contributed by atoms with Crippen molar-refractivity contribution >= 4 is 39.6 Å². The maximum Gasteiger partial charge on any atom is 0.324 e. The van der Waals surface area contributed by atoms with Crippen LogP contribution in [0.5, 0.6) is 0 Å². The molecule has 1 aliphatic rings. The van der Waals surface area contributed by atoms with E-state index in [1.54, 1.807) is 0 Å². The van der Waals surface area contributed by atoms with E-state index in [2.05, 4.69) is 10.6 Å². The molecular weight excluding hydrogens is 268 g/mol. The second kappa shape index (κ2) is 3.88. The van der Waals surface area contributed by atoms with Gasteiger partial charge in [0.1, 0.15) is 11.4 Å². The molecule has 0 bridgehead atoms. The van der Waals surface area contributed by atoms with E-state index in [0.29, 0.717) is 5.39 Å². The molecule has 20 heavy (non-hydrogen) atoms. The number of carbonyl (C=O) groups is 1. The van der Waals surface area contributed by atoms with Crippen LogP contribution in [0.3, 0.4) is 0 Å². The van der Waals surface area contributed by atoms with Crippen LogP contribution >= 0.6 is 0 Å². The first-order chi connectivity index (χ1) is 9.49. The Labute approximate surface area is 110 Å². The summed E-state index contributed by atoms with van der Waals surface area (Å²) in [5.41, 5.74) is -0.687. The summed E-state index contributed by atoms with van der Waals surface area (Å²) in [6.07, 6.45) is 0. The smallest absolute Gasteiger partial charge is 0.301 e. The highest BCUT2D eigenvalue weighted by atomic mass is 16.6. The number of nitro groups is 2. The monoisotopic (exact) mass is 274 g/mol. The molecule has 2 aromatic rings. The number of hydrogen-bond donors (Lipinski definition) is 2. The van der Waals surface area contributed by atoms with Gasteiger partial charge in [0.05, 0.1) is 9.85 Å². The minimum atomic E-state index is -0.748. The fourth-order valence-corrected chi connectivity index (χ4v) is 2.21. The number of benzene rings is 2. The number of carbonyl (C=O) groups excluding carboxylic acids is 1. The summed E-state index contributed by atoms with van der Waals surface area (Å²) in [5, 5.41) is 27.4. The minimum absolute atomic E-state index is 0.0325. The summed E-state index contributed by atoms with van der Waals surface area (Å²) in [5.74, 6) is 0. The third-order valence-corrected chi connectivity index (χ3v) is 3.01. The van der Waals surface area contributed by atoms with E-state index in [0.717, 1.165) is 0 Å². The van der Waals surface area contributed by atoms with Crippen molar-refractivity contribution in [1.82, 2.24) is 0 Å². The van der Waals surface area contributed by atoms with Crippen LogP contribution in [0.15, 0.2) is 24.3 Å². The van der Waals surface area contributed by atoms with Crippen molar-refractivity contribution in [2.24, 2.45) is 0 Å². The lowest BCUT2D eigenvalue weighted by Crippen LogP contribution is -2.25. The molecule has 0 saturated carbocycles. The van der Waals surface area contributed by atoms with Crippen molar-refractivity contribution in [3.63, 3.8) is 0 Å². The van der Waals surface area contributed by atoms with Gasteiger partial charge in [0, 0.05) is 17.5 Å². The van der Waals surface area contributed by atoms with Crippen molar-refractivity contribution in [1.29, 1.82) is 0 Å². The molecule has 2 aromatic carbocycles. The standard InChI is InChI=1S/C11H6N4O5/c16-11-12-9-6(14(17)18)3-1-5-2-4-7(15(19)20)10(13-11)8(5)9/h1-4H,(H2,12,13,16). The fourth-order valence-electron chi connectivity index (χ4n) is 2.21. The number of hydrogen-bond acceptors (Lipinski definition) is 5. The zero-order valence-corrected chi connectivity index (χ0v) is 9.75. The molecule has 2 N–H and O–H groups in total. The van der Waals surface area contributed by atoms with Crippen LogP contribution in [0.1, 0.15) is 0 Å². The molecule has 9 heteroatoms. The molecule has 2 amide bonds. The summed E-state index contributed by atoms with van der Waals surface area (Å²) >= 11 is 0. The van der Waals surface area contributed by atoms with Crippen molar-refractivity contribution in [3.05, 3.63) is 44.5 Å². The zero-order valence-electron chi connectivity index (χ0n) is 9.75. The first-order valence-corrected chi connectivity index (χ1v) is 5.45. The van der Waals surface area contributed by atoms with E-state index in [1.165, 1.54) is 24.3 Å². The Hall–Kier alpha value is -3.23. The van der Waals surface area contributed by atoms with Crippen LogP contribution in [-0.2, 0) is 0 Å². The van der Waals surface area contributed by atoms with E-state index < -0.39 is 15.9 Å². The molecule has 3 rings (SSSR count). The van der Waals surface area contributed by atoms with Crippen LogP contribution < -0.4 is 10.6 Å². The highest BCUT2D eigenvalue weighted by molar-refractivity contribution is 6.21. The summed E-state index contributed by atoms with van der Waals surface area (Å²) in [7, 11) is 0. The van der Waals surface area contributed by atoms with E-state index in [-0.39, 0.29) is 28.1 Å². The Morgan fingerprint density at radius 3 is 1.70 bits per heavy atom. The number of nitrogens with one attached hydrogen (secondary N) is 2. The second-order valence-corrected chi connectivity index (χ2v) is 4.11. The van der Waals surface area contributed by atoms with Gasteiger partial charge in [0.25, 0.3) is 11.4 Å². The van der Waals surface area contributed by atoms with E-state index in [9.17, 15) is 25.0 Å². The average Bonchev–Trinajstić information content (AvgIpc) is 2.37. The first-order valence-electron chi connectivity index (χ1n) is 5.45. The molecule has 0 radical (unpaired) electrons. The molecule has 0 spiro atoms. The van der Waals surface area contributed by atoms with Gasteiger partial charge in [-0.25, -0.2) is 4.79 Å². The van der Waals surface area contributed by atoms with Gasteiger partial charge in [-0.05, 0) is 17.5 Å². The molecule has 0 aromatic heterocycles. The normalized spacial score (nSPS) is 12.7. The summed E-state index contributed by atoms with van der Waals surface area (Å²) in [4.78, 5) is 32.2. The van der Waals surface area contributed by atoms with Crippen molar-refractivity contribution < 1.29 is 14.6 Å². The Morgan fingerprint density at radius 2 is 1.30 bits per heavy atom. The van der Waals surface area contributed by atoms with Crippen LogP contribution in [-0.4, -0.2) is 15.9 Å². The topological polar surface area (TPSA) is 127 Å². The quantitative estimate of drug-likeness (QED) is 0.642. The summed E-state index contributed by atoms with van der Waals surface area (Å²) < 4.78 is 0. The molecule has 0 unspecified atom stereocenters. The van der Waals surface area contributed by atoms with Gasteiger partial charge in [-0.1, -0.05) is 0 Å². The molecule has 0 aliphatic carbocycles. The van der Waals surface area contributed by atoms with Gasteiger partial charge < -0.3 is 10.6 Å². The van der Waals surface area contributed by atoms with E-state index in [1.807, 2.05) is 0 Å². The number of urea groups is 1. The maximum atomic E-state index is 11.5. The molecule has 0 fully saturated rings. The van der Waals surface area contributed by atoms with Crippen LogP contribution in [0.25, 0.3) is 10.8 Å². The number of nitrogens with zero attached hydrogens (tertiary/aromatic N) is 2. The molecule has 9 nitrogen and oxygen atoms in total. The van der Waals surface area contributed by atoms with Gasteiger partial charge in [0.2, 0.25) is 0 Å². The summed E-state index contributed by atoms with van der Waals surface area (Å²) in [6.45, 7) is 0. The average molecular weight is 274 g/mol. The van der Waals surface area contributed by atoms with Crippen molar-refractivity contribution in [2.75, 3.05) is 10.6 Å².